The molecule has 0 saturated carbocycles. The van der Waals surface area contributed by atoms with Crippen LogP contribution in [0.3, 0.4) is 0 Å². The molecule has 0 fully saturated rings. The summed E-state index contributed by atoms with van der Waals surface area (Å²) in [7, 11) is 0. The zero-order valence-corrected chi connectivity index (χ0v) is 13.9. The van der Waals surface area contributed by atoms with Crippen molar-refractivity contribution in [2.75, 3.05) is 16.8 Å². The first-order valence-corrected chi connectivity index (χ1v) is 8.17. The minimum absolute atomic E-state index is 0.295. The van der Waals surface area contributed by atoms with Gasteiger partial charge in [-0.2, -0.15) is 0 Å². The molecule has 3 aromatic rings. The summed E-state index contributed by atoms with van der Waals surface area (Å²) in [5, 5.41) is 2.79. The molecule has 4 heteroatoms. The van der Waals surface area contributed by atoms with Crippen LogP contribution < -0.4 is 10.2 Å². The van der Waals surface area contributed by atoms with Crippen molar-refractivity contribution >= 4 is 23.0 Å². The van der Waals surface area contributed by atoms with Gasteiger partial charge >= 0.3 is 0 Å². The van der Waals surface area contributed by atoms with Crippen LogP contribution in [0.2, 0.25) is 0 Å². The molecule has 0 heterocycles. The third-order valence-corrected chi connectivity index (χ3v) is 3.91. The van der Waals surface area contributed by atoms with Gasteiger partial charge in [0.2, 0.25) is 0 Å². The number of para-hydroxylation sites is 1. The minimum Gasteiger partial charge on any atom is -0.342 e. The monoisotopic (exact) mass is 334 g/mol. The average molecular weight is 334 g/mol. The zero-order chi connectivity index (χ0) is 17.6. The van der Waals surface area contributed by atoms with Crippen LogP contribution in [0.5, 0.6) is 0 Å². The van der Waals surface area contributed by atoms with Gasteiger partial charge in [0.05, 0.1) is 0 Å². The van der Waals surface area contributed by atoms with Gasteiger partial charge in [0.25, 0.3) is 5.91 Å². The fourth-order valence-corrected chi connectivity index (χ4v) is 2.68. The Bertz CT molecular complexity index is 847. The Morgan fingerprint density at radius 1 is 0.920 bits per heavy atom. The van der Waals surface area contributed by atoms with Gasteiger partial charge in [-0.25, -0.2) is 4.39 Å². The number of halogens is 1. The first-order valence-electron chi connectivity index (χ1n) is 8.17. The third kappa shape index (κ3) is 4.04. The van der Waals surface area contributed by atoms with Gasteiger partial charge in [0, 0.05) is 29.2 Å². The number of benzene rings is 3. The number of hydrogen-bond donors (Lipinski definition) is 1. The van der Waals surface area contributed by atoms with Crippen molar-refractivity contribution in [1.29, 1.82) is 0 Å². The Morgan fingerprint density at radius 2 is 1.60 bits per heavy atom. The molecular weight excluding hydrogens is 315 g/mol. The zero-order valence-electron chi connectivity index (χ0n) is 13.9. The van der Waals surface area contributed by atoms with Gasteiger partial charge in [0.1, 0.15) is 5.82 Å². The molecule has 3 aromatic carbocycles. The number of carbonyl (C=O) groups is 1. The molecule has 0 aliphatic rings. The van der Waals surface area contributed by atoms with Crippen LogP contribution in [0, 0.1) is 5.82 Å². The SMILES string of the molecule is CCN(c1ccccc1)c1ccc(NC(=O)c2cccc(F)c2)cc1. The lowest BCUT2D eigenvalue weighted by Gasteiger charge is -2.23. The van der Waals surface area contributed by atoms with Crippen LogP contribution in [-0.2, 0) is 0 Å². The van der Waals surface area contributed by atoms with Gasteiger partial charge in [0.15, 0.2) is 0 Å². The van der Waals surface area contributed by atoms with E-state index in [0.717, 1.165) is 17.9 Å². The van der Waals surface area contributed by atoms with Crippen molar-refractivity contribution in [3.63, 3.8) is 0 Å². The highest BCUT2D eigenvalue weighted by Crippen LogP contribution is 2.26. The van der Waals surface area contributed by atoms with E-state index in [4.69, 9.17) is 0 Å². The maximum Gasteiger partial charge on any atom is 0.255 e. The van der Waals surface area contributed by atoms with Gasteiger partial charge in [-0.3, -0.25) is 4.79 Å². The van der Waals surface area contributed by atoms with Crippen molar-refractivity contribution in [3.05, 3.63) is 90.2 Å². The first-order chi connectivity index (χ1) is 12.2. The molecule has 0 aromatic heterocycles. The molecular formula is C21H19FN2O. The number of carbonyl (C=O) groups excluding carboxylic acids is 1. The van der Waals surface area contributed by atoms with Crippen molar-refractivity contribution in [2.45, 2.75) is 6.92 Å². The fraction of sp³-hybridized carbons (Fsp3) is 0.0952. The van der Waals surface area contributed by atoms with Gasteiger partial charge < -0.3 is 10.2 Å². The Labute approximate surface area is 146 Å². The number of rotatable bonds is 5. The Morgan fingerprint density at radius 3 is 2.24 bits per heavy atom. The molecule has 0 radical (unpaired) electrons. The molecule has 1 N–H and O–H groups in total. The second kappa shape index (κ2) is 7.62. The largest absolute Gasteiger partial charge is 0.342 e. The summed E-state index contributed by atoms with van der Waals surface area (Å²) < 4.78 is 13.2. The van der Waals surface area contributed by atoms with E-state index in [1.165, 1.54) is 18.2 Å². The lowest BCUT2D eigenvalue weighted by molar-refractivity contribution is 0.102. The van der Waals surface area contributed by atoms with E-state index in [1.807, 2.05) is 42.5 Å². The Hall–Kier alpha value is -3.14. The summed E-state index contributed by atoms with van der Waals surface area (Å²) >= 11 is 0. The lowest BCUT2D eigenvalue weighted by atomic mass is 10.2. The van der Waals surface area contributed by atoms with Crippen molar-refractivity contribution in [2.24, 2.45) is 0 Å². The van der Waals surface area contributed by atoms with Crippen LogP contribution in [0.15, 0.2) is 78.9 Å². The molecule has 1 amide bonds. The summed E-state index contributed by atoms with van der Waals surface area (Å²) in [6, 6.07) is 23.4. The highest BCUT2D eigenvalue weighted by Gasteiger charge is 2.09. The summed E-state index contributed by atoms with van der Waals surface area (Å²) in [6.45, 7) is 2.92. The van der Waals surface area contributed by atoms with E-state index >= 15 is 0 Å². The van der Waals surface area contributed by atoms with E-state index in [9.17, 15) is 9.18 Å². The molecule has 0 bridgehead atoms. The van der Waals surface area contributed by atoms with Crippen molar-refractivity contribution in [1.82, 2.24) is 0 Å². The normalized spacial score (nSPS) is 10.3. The number of nitrogens with one attached hydrogen (secondary N) is 1. The standard InChI is InChI=1S/C21H19FN2O/c1-2-24(19-9-4-3-5-10-19)20-13-11-18(12-14-20)23-21(25)16-7-6-8-17(22)15-16/h3-15H,2H2,1H3,(H,23,25). The second-order valence-corrected chi connectivity index (χ2v) is 5.59. The van der Waals surface area contributed by atoms with Gasteiger partial charge in [-0.05, 0) is 61.5 Å². The summed E-state index contributed by atoms with van der Waals surface area (Å²) in [6.07, 6.45) is 0. The topological polar surface area (TPSA) is 32.3 Å². The molecule has 0 aliphatic heterocycles. The van der Waals surface area contributed by atoms with Crippen molar-refractivity contribution in [3.8, 4) is 0 Å². The molecule has 3 nitrogen and oxygen atoms in total. The van der Waals surface area contributed by atoms with Crippen LogP contribution in [0.4, 0.5) is 21.5 Å². The van der Waals surface area contributed by atoms with E-state index in [-0.39, 0.29) is 5.91 Å². The first kappa shape index (κ1) is 16.7. The van der Waals surface area contributed by atoms with Crippen LogP contribution in [0.1, 0.15) is 17.3 Å². The fourth-order valence-electron chi connectivity index (χ4n) is 2.68. The molecule has 3 rings (SSSR count). The molecule has 126 valence electrons. The summed E-state index contributed by atoms with van der Waals surface area (Å²) in [4.78, 5) is 14.4. The van der Waals surface area contributed by atoms with Crippen LogP contribution in [-0.4, -0.2) is 12.5 Å². The average Bonchev–Trinajstić information content (AvgIpc) is 2.64. The van der Waals surface area contributed by atoms with E-state index in [2.05, 4.69) is 29.3 Å². The molecule has 0 saturated heterocycles. The van der Waals surface area contributed by atoms with Crippen molar-refractivity contribution < 1.29 is 9.18 Å². The van der Waals surface area contributed by atoms with E-state index < -0.39 is 5.82 Å². The van der Waals surface area contributed by atoms with E-state index in [1.54, 1.807) is 6.07 Å². The van der Waals surface area contributed by atoms with Gasteiger partial charge in [-0.15, -0.1) is 0 Å². The molecule has 0 spiro atoms. The van der Waals surface area contributed by atoms with Crippen LogP contribution in [0.25, 0.3) is 0 Å². The second-order valence-electron chi connectivity index (χ2n) is 5.59. The maximum atomic E-state index is 13.2. The van der Waals surface area contributed by atoms with Crippen LogP contribution >= 0.6 is 0 Å². The Kier molecular flexibility index (Phi) is 5.09. The molecule has 0 unspecified atom stereocenters. The van der Waals surface area contributed by atoms with E-state index in [0.29, 0.717) is 11.3 Å². The summed E-state index contributed by atoms with van der Waals surface area (Å²) in [5.41, 5.74) is 3.12. The summed E-state index contributed by atoms with van der Waals surface area (Å²) in [5.74, 6) is -0.757. The smallest absolute Gasteiger partial charge is 0.255 e. The lowest BCUT2D eigenvalue weighted by Crippen LogP contribution is -2.16. The molecule has 25 heavy (non-hydrogen) atoms. The number of nitrogens with zero attached hydrogens (tertiary/aromatic N) is 1. The number of amides is 1. The Balaban J connectivity index is 1.75. The number of anilines is 3. The number of hydrogen-bond acceptors (Lipinski definition) is 2. The minimum atomic E-state index is -0.426. The predicted molar refractivity (Wildman–Crippen MR) is 99.9 cm³/mol. The molecule has 0 atom stereocenters. The van der Waals surface area contributed by atoms with Gasteiger partial charge in [-0.1, -0.05) is 24.3 Å². The quantitative estimate of drug-likeness (QED) is 0.692. The predicted octanol–water partition coefficient (Wildman–Crippen LogP) is 5.24. The highest BCUT2D eigenvalue weighted by atomic mass is 19.1. The third-order valence-electron chi connectivity index (χ3n) is 3.91. The highest BCUT2D eigenvalue weighted by molar-refractivity contribution is 6.04. The molecule has 0 aliphatic carbocycles. The maximum absolute atomic E-state index is 13.2.